The first-order valence-corrected chi connectivity index (χ1v) is 8.94. The van der Waals surface area contributed by atoms with Gasteiger partial charge in [0.2, 0.25) is 0 Å². The fourth-order valence-corrected chi connectivity index (χ4v) is 4.81. The zero-order valence-corrected chi connectivity index (χ0v) is 14.2. The number of rotatable bonds is 3. The average Bonchev–Trinajstić information content (AvgIpc) is 2.79. The standard InChI is InChI=1S/C17H27NO2S/c1-12-10-16(14(3)21-12)13(2)18-15-4-7-20-17(11-15)5-8-19-9-6-17/h10,13,15,18H,4-9,11H2,1-3H3. The Morgan fingerprint density at radius 1 is 1.29 bits per heavy atom. The first kappa shape index (κ1) is 15.5. The van der Waals surface area contributed by atoms with Gasteiger partial charge < -0.3 is 14.8 Å². The van der Waals surface area contributed by atoms with Crippen molar-refractivity contribution in [3.63, 3.8) is 0 Å². The Kier molecular flexibility index (Phi) is 4.69. The van der Waals surface area contributed by atoms with Gasteiger partial charge in [0.05, 0.1) is 5.60 Å². The predicted octanol–water partition coefficient (Wildman–Crippen LogP) is 3.74. The summed E-state index contributed by atoms with van der Waals surface area (Å²) >= 11 is 1.90. The molecule has 0 radical (unpaired) electrons. The second-order valence-electron chi connectivity index (χ2n) is 6.59. The number of ether oxygens (including phenoxy) is 2. The zero-order chi connectivity index (χ0) is 14.9. The molecule has 3 heterocycles. The Morgan fingerprint density at radius 2 is 2.05 bits per heavy atom. The van der Waals surface area contributed by atoms with E-state index in [4.69, 9.17) is 9.47 Å². The van der Waals surface area contributed by atoms with Crippen molar-refractivity contribution >= 4 is 11.3 Å². The average molecular weight is 309 g/mol. The first-order chi connectivity index (χ1) is 10.1. The number of hydrogen-bond acceptors (Lipinski definition) is 4. The molecule has 4 heteroatoms. The fourth-order valence-electron chi connectivity index (χ4n) is 3.79. The molecular weight excluding hydrogens is 282 g/mol. The SMILES string of the molecule is Cc1cc(C(C)NC2CCOC3(CCOCC3)C2)c(C)s1. The molecule has 3 rings (SSSR count). The lowest BCUT2D eigenvalue weighted by Crippen LogP contribution is -2.50. The van der Waals surface area contributed by atoms with Crippen LogP contribution in [0, 0.1) is 13.8 Å². The van der Waals surface area contributed by atoms with Crippen molar-refractivity contribution in [2.45, 2.75) is 64.1 Å². The molecule has 1 spiro atoms. The van der Waals surface area contributed by atoms with Crippen LogP contribution >= 0.6 is 11.3 Å². The molecule has 2 aliphatic heterocycles. The molecule has 3 nitrogen and oxygen atoms in total. The van der Waals surface area contributed by atoms with E-state index in [-0.39, 0.29) is 5.60 Å². The van der Waals surface area contributed by atoms with E-state index in [0.29, 0.717) is 12.1 Å². The van der Waals surface area contributed by atoms with Crippen LogP contribution in [0.2, 0.25) is 0 Å². The highest BCUT2D eigenvalue weighted by atomic mass is 32.1. The van der Waals surface area contributed by atoms with Gasteiger partial charge in [-0.1, -0.05) is 0 Å². The van der Waals surface area contributed by atoms with Gasteiger partial charge in [-0.25, -0.2) is 0 Å². The topological polar surface area (TPSA) is 30.5 Å². The maximum Gasteiger partial charge on any atom is 0.0741 e. The second-order valence-corrected chi connectivity index (χ2v) is 8.05. The van der Waals surface area contributed by atoms with Gasteiger partial charge in [0.1, 0.15) is 0 Å². The molecule has 2 aliphatic rings. The minimum atomic E-state index is 0.0769. The highest BCUT2D eigenvalue weighted by Gasteiger charge is 2.39. The molecule has 2 saturated heterocycles. The van der Waals surface area contributed by atoms with Gasteiger partial charge >= 0.3 is 0 Å². The molecule has 2 atom stereocenters. The van der Waals surface area contributed by atoms with Gasteiger partial charge in [-0.3, -0.25) is 0 Å². The third-order valence-electron chi connectivity index (χ3n) is 4.93. The van der Waals surface area contributed by atoms with Crippen molar-refractivity contribution in [1.82, 2.24) is 5.32 Å². The van der Waals surface area contributed by atoms with E-state index in [9.17, 15) is 0 Å². The molecule has 1 N–H and O–H groups in total. The van der Waals surface area contributed by atoms with E-state index < -0.39 is 0 Å². The lowest BCUT2D eigenvalue weighted by molar-refractivity contribution is -0.140. The van der Waals surface area contributed by atoms with Crippen LogP contribution in [-0.4, -0.2) is 31.5 Å². The van der Waals surface area contributed by atoms with Crippen LogP contribution in [0.3, 0.4) is 0 Å². The molecule has 2 fully saturated rings. The molecule has 0 saturated carbocycles. The highest BCUT2D eigenvalue weighted by Crippen LogP contribution is 2.35. The third-order valence-corrected chi connectivity index (χ3v) is 5.91. The third kappa shape index (κ3) is 3.50. The van der Waals surface area contributed by atoms with Gasteiger partial charge in [0, 0.05) is 41.7 Å². The minimum Gasteiger partial charge on any atom is -0.381 e. The second kappa shape index (κ2) is 6.37. The summed E-state index contributed by atoms with van der Waals surface area (Å²) in [6, 6.07) is 3.32. The summed E-state index contributed by atoms with van der Waals surface area (Å²) in [6.45, 7) is 9.30. The van der Waals surface area contributed by atoms with Crippen molar-refractivity contribution in [1.29, 1.82) is 0 Å². The molecule has 0 bridgehead atoms. The molecule has 1 aromatic rings. The van der Waals surface area contributed by atoms with E-state index in [2.05, 4.69) is 32.2 Å². The molecule has 21 heavy (non-hydrogen) atoms. The summed E-state index contributed by atoms with van der Waals surface area (Å²) in [7, 11) is 0. The summed E-state index contributed by atoms with van der Waals surface area (Å²) in [6.07, 6.45) is 4.35. The van der Waals surface area contributed by atoms with E-state index in [1.54, 1.807) is 0 Å². The summed E-state index contributed by atoms with van der Waals surface area (Å²) < 4.78 is 11.6. The lowest BCUT2D eigenvalue weighted by atomic mass is 9.83. The smallest absolute Gasteiger partial charge is 0.0741 e. The zero-order valence-electron chi connectivity index (χ0n) is 13.4. The number of nitrogens with one attached hydrogen (secondary N) is 1. The number of hydrogen-bond donors (Lipinski definition) is 1. The largest absolute Gasteiger partial charge is 0.381 e. The van der Waals surface area contributed by atoms with Gasteiger partial charge in [-0.05, 0) is 58.1 Å². The van der Waals surface area contributed by atoms with Crippen molar-refractivity contribution in [3.8, 4) is 0 Å². The Hall–Kier alpha value is -0.420. The highest BCUT2D eigenvalue weighted by molar-refractivity contribution is 7.12. The van der Waals surface area contributed by atoms with Gasteiger partial charge in [-0.2, -0.15) is 0 Å². The van der Waals surface area contributed by atoms with Crippen LogP contribution in [0.5, 0.6) is 0 Å². The Balaban J connectivity index is 1.63. The molecule has 118 valence electrons. The molecular formula is C17H27NO2S. The van der Waals surface area contributed by atoms with E-state index >= 15 is 0 Å². The normalized spacial score (nSPS) is 26.9. The van der Waals surface area contributed by atoms with Crippen molar-refractivity contribution in [3.05, 3.63) is 21.4 Å². The van der Waals surface area contributed by atoms with Crippen LogP contribution in [0.1, 0.15) is 54.0 Å². The first-order valence-electron chi connectivity index (χ1n) is 8.13. The van der Waals surface area contributed by atoms with E-state index in [1.165, 1.54) is 15.3 Å². The van der Waals surface area contributed by atoms with Crippen LogP contribution in [0.4, 0.5) is 0 Å². The quantitative estimate of drug-likeness (QED) is 0.922. The molecule has 0 amide bonds. The van der Waals surface area contributed by atoms with Crippen LogP contribution in [-0.2, 0) is 9.47 Å². The summed E-state index contributed by atoms with van der Waals surface area (Å²) in [5.41, 5.74) is 1.54. The lowest BCUT2D eigenvalue weighted by Gasteiger charge is -2.44. The maximum atomic E-state index is 6.13. The van der Waals surface area contributed by atoms with Gasteiger partial charge in [0.25, 0.3) is 0 Å². The summed E-state index contributed by atoms with van der Waals surface area (Å²) in [4.78, 5) is 2.85. The monoisotopic (exact) mass is 309 g/mol. The Bertz CT molecular complexity index is 474. The van der Waals surface area contributed by atoms with Gasteiger partial charge in [-0.15, -0.1) is 11.3 Å². The Morgan fingerprint density at radius 3 is 2.71 bits per heavy atom. The van der Waals surface area contributed by atoms with Gasteiger partial charge in [0.15, 0.2) is 0 Å². The summed E-state index contributed by atoms with van der Waals surface area (Å²) in [5, 5.41) is 3.85. The number of aryl methyl sites for hydroxylation is 2. The molecule has 0 aromatic carbocycles. The van der Waals surface area contributed by atoms with E-state index in [0.717, 1.165) is 45.5 Å². The Labute approximate surface area is 132 Å². The van der Waals surface area contributed by atoms with Crippen molar-refractivity contribution < 1.29 is 9.47 Å². The number of thiophene rings is 1. The molecule has 1 aromatic heterocycles. The molecule has 2 unspecified atom stereocenters. The van der Waals surface area contributed by atoms with Crippen molar-refractivity contribution in [2.24, 2.45) is 0 Å². The fraction of sp³-hybridized carbons (Fsp3) is 0.765. The predicted molar refractivity (Wildman–Crippen MR) is 87.1 cm³/mol. The van der Waals surface area contributed by atoms with Crippen LogP contribution in [0.25, 0.3) is 0 Å². The van der Waals surface area contributed by atoms with Crippen molar-refractivity contribution in [2.75, 3.05) is 19.8 Å². The summed E-state index contributed by atoms with van der Waals surface area (Å²) in [5.74, 6) is 0. The minimum absolute atomic E-state index is 0.0769. The maximum absolute atomic E-state index is 6.13. The van der Waals surface area contributed by atoms with Crippen LogP contribution < -0.4 is 5.32 Å². The van der Waals surface area contributed by atoms with Crippen LogP contribution in [0.15, 0.2) is 6.07 Å². The van der Waals surface area contributed by atoms with E-state index in [1.807, 2.05) is 11.3 Å². The molecule has 0 aliphatic carbocycles.